The SMILES string of the molecule is COc1ccc(C2NC(=S)N(c3ccc(OC)cc3)C(C)=C2c2nc(-c3cccc(C)c3)no2)cc1. The van der Waals surface area contributed by atoms with Crippen molar-refractivity contribution >= 4 is 28.6 Å². The Morgan fingerprint density at radius 2 is 1.58 bits per heavy atom. The van der Waals surface area contributed by atoms with Crippen LogP contribution >= 0.6 is 12.2 Å². The van der Waals surface area contributed by atoms with E-state index in [2.05, 4.69) is 10.5 Å². The molecule has 0 fully saturated rings. The fourth-order valence-electron chi connectivity index (χ4n) is 4.34. The average molecular weight is 499 g/mol. The summed E-state index contributed by atoms with van der Waals surface area (Å²) in [6.45, 7) is 4.05. The number of nitrogens with one attached hydrogen (secondary N) is 1. The van der Waals surface area contributed by atoms with E-state index in [1.165, 1.54) is 0 Å². The van der Waals surface area contributed by atoms with Crippen LogP contribution in [0.1, 0.15) is 30.0 Å². The number of ether oxygens (including phenoxy) is 2. The Balaban J connectivity index is 1.63. The van der Waals surface area contributed by atoms with Gasteiger partial charge >= 0.3 is 0 Å². The molecule has 5 rings (SSSR count). The molecule has 36 heavy (non-hydrogen) atoms. The smallest absolute Gasteiger partial charge is 0.258 e. The summed E-state index contributed by atoms with van der Waals surface area (Å²) in [4.78, 5) is 6.77. The van der Waals surface area contributed by atoms with Crippen molar-refractivity contribution in [1.29, 1.82) is 0 Å². The van der Waals surface area contributed by atoms with Crippen LogP contribution in [-0.4, -0.2) is 29.5 Å². The lowest BCUT2D eigenvalue weighted by Gasteiger charge is -2.37. The molecule has 0 aliphatic carbocycles. The van der Waals surface area contributed by atoms with Gasteiger partial charge in [-0.25, -0.2) is 0 Å². The Hall–Kier alpha value is -4.17. The number of benzene rings is 3. The highest BCUT2D eigenvalue weighted by molar-refractivity contribution is 7.80. The first-order valence-electron chi connectivity index (χ1n) is 11.5. The van der Waals surface area contributed by atoms with Gasteiger partial charge in [-0.3, -0.25) is 4.90 Å². The number of hydrogen-bond acceptors (Lipinski definition) is 6. The number of rotatable bonds is 6. The molecule has 0 amide bonds. The van der Waals surface area contributed by atoms with Gasteiger partial charge in [0, 0.05) is 16.9 Å². The summed E-state index contributed by atoms with van der Waals surface area (Å²) in [5, 5.41) is 8.35. The largest absolute Gasteiger partial charge is 0.497 e. The van der Waals surface area contributed by atoms with Crippen LogP contribution in [-0.2, 0) is 0 Å². The molecule has 1 aliphatic rings. The molecule has 1 N–H and O–H groups in total. The molecule has 2 heterocycles. The zero-order chi connectivity index (χ0) is 25.2. The van der Waals surface area contributed by atoms with Crippen LogP contribution in [0.4, 0.5) is 5.69 Å². The molecule has 8 heteroatoms. The third-order valence-corrected chi connectivity index (χ3v) is 6.50. The van der Waals surface area contributed by atoms with Crippen molar-refractivity contribution in [2.45, 2.75) is 19.9 Å². The Morgan fingerprint density at radius 3 is 2.22 bits per heavy atom. The molecule has 1 atom stereocenters. The van der Waals surface area contributed by atoms with E-state index in [1.807, 2.05) is 91.5 Å². The van der Waals surface area contributed by atoms with Gasteiger partial charge in [-0.1, -0.05) is 41.1 Å². The summed E-state index contributed by atoms with van der Waals surface area (Å²) < 4.78 is 16.5. The molecule has 0 spiro atoms. The molecule has 182 valence electrons. The van der Waals surface area contributed by atoms with Crippen molar-refractivity contribution in [2.75, 3.05) is 19.1 Å². The van der Waals surface area contributed by atoms with E-state index in [0.29, 0.717) is 16.8 Å². The number of hydrogen-bond donors (Lipinski definition) is 1. The Kier molecular flexibility index (Phi) is 6.43. The Labute approximate surface area is 215 Å². The molecule has 0 radical (unpaired) electrons. The minimum absolute atomic E-state index is 0.288. The van der Waals surface area contributed by atoms with Gasteiger partial charge in [-0.2, -0.15) is 4.98 Å². The molecule has 0 saturated carbocycles. The van der Waals surface area contributed by atoms with Gasteiger partial charge < -0.3 is 19.3 Å². The number of thiocarbonyl (C=S) groups is 1. The second-order valence-electron chi connectivity index (χ2n) is 8.48. The van der Waals surface area contributed by atoms with Crippen LogP contribution in [0.2, 0.25) is 0 Å². The van der Waals surface area contributed by atoms with Crippen molar-refractivity contribution in [3.8, 4) is 22.9 Å². The number of allylic oxidation sites excluding steroid dienone is 1. The van der Waals surface area contributed by atoms with Gasteiger partial charge in [0.25, 0.3) is 5.89 Å². The summed E-state index contributed by atoms with van der Waals surface area (Å²) >= 11 is 5.83. The topological polar surface area (TPSA) is 72.7 Å². The van der Waals surface area contributed by atoms with E-state index in [0.717, 1.165) is 45.1 Å². The molecule has 7 nitrogen and oxygen atoms in total. The predicted octanol–water partition coefficient (Wildman–Crippen LogP) is 5.93. The van der Waals surface area contributed by atoms with Crippen LogP contribution in [0.5, 0.6) is 11.5 Å². The summed E-state index contributed by atoms with van der Waals surface area (Å²) in [6, 6.07) is 23.4. The highest BCUT2D eigenvalue weighted by Crippen LogP contribution is 2.39. The normalized spacial score (nSPS) is 15.6. The van der Waals surface area contributed by atoms with Gasteiger partial charge in [0.2, 0.25) is 5.82 Å². The van der Waals surface area contributed by atoms with Gasteiger partial charge in [-0.15, -0.1) is 0 Å². The fraction of sp³-hybridized carbons (Fsp3) is 0.179. The Morgan fingerprint density at radius 1 is 0.917 bits per heavy atom. The maximum atomic E-state index is 5.85. The molecular formula is C28H26N4O3S. The summed E-state index contributed by atoms with van der Waals surface area (Å²) in [5.41, 5.74) is 5.66. The monoisotopic (exact) mass is 498 g/mol. The van der Waals surface area contributed by atoms with Gasteiger partial charge in [0.05, 0.1) is 25.8 Å². The molecule has 0 saturated heterocycles. The first-order valence-corrected chi connectivity index (χ1v) is 11.9. The minimum atomic E-state index is -0.288. The second kappa shape index (κ2) is 9.83. The molecular weight excluding hydrogens is 472 g/mol. The van der Waals surface area contributed by atoms with E-state index in [9.17, 15) is 0 Å². The third-order valence-electron chi connectivity index (χ3n) is 6.20. The minimum Gasteiger partial charge on any atom is -0.497 e. The molecule has 1 aromatic heterocycles. The van der Waals surface area contributed by atoms with Crippen LogP contribution in [0, 0.1) is 6.92 Å². The lowest BCUT2D eigenvalue weighted by molar-refractivity contribution is 0.404. The number of methoxy groups -OCH3 is 2. The third kappa shape index (κ3) is 4.43. The van der Waals surface area contributed by atoms with E-state index < -0.39 is 0 Å². The van der Waals surface area contributed by atoms with E-state index in [-0.39, 0.29) is 6.04 Å². The second-order valence-corrected chi connectivity index (χ2v) is 8.87. The fourth-order valence-corrected chi connectivity index (χ4v) is 4.70. The zero-order valence-corrected chi connectivity index (χ0v) is 21.3. The highest BCUT2D eigenvalue weighted by atomic mass is 32.1. The van der Waals surface area contributed by atoms with Crippen LogP contribution in [0.25, 0.3) is 17.0 Å². The van der Waals surface area contributed by atoms with Crippen molar-refractivity contribution in [3.05, 3.63) is 95.5 Å². The van der Waals surface area contributed by atoms with Crippen molar-refractivity contribution in [2.24, 2.45) is 0 Å². The average Bonchev–Trinajstić information content (AvgIpc) is 3.39. The first-order chi connectivity index (χ1) is 17.5. The Bertz CT molecular complexity index is 1430. The molecule has 1 unspecified atom stereocenters. The maximum absolute atomic E-state index is 5.85. The quantitative estimate of drug-likeness (QED) is 0.328. The number of aromatic nitrogens is 2. The summed E-state index contributed by atoms with van der Waals surface area (Å²) in [7, 11) is 3.29. The number of nitrogens with zero attached hydrogens (tertiary/aromatic N) is 3. The van der Waals surface area contributed by atoms with Gasteiger partial charge in [0.15, 0.2) is 5.11 Å². The zero-order valence-electron chi connectivity index (χ0n) is 20.5. The lowest BCUT2D eigenvalue weighted by atomic mass is 9.94. The standard InChI is InChI=1S/C28H26N4O3S/c1-17-6-5-7-20(16-17)26-30-27(35-31-26)24-18(2)32(21-10-14-23(34-4)15-11-21)28(36)29-25(24)19-8-12-22(33-3)13-9-19/h5-16,25H,1-4H3,(H,29,36). The number of anilines is 1. The van der Waals surface area contributed by atoms with Crippen molar-refractivity contribution in [3.63, 3.8) is 0 Å². The van der Waals surface area contributed by atoms with Crippen LogP contribution in [0.15, 0.2) is 83.0 Å². The van der Waals surface area contributed by atoms with E-state index >= 15 is 0 Å². The molecule has 3 aromatic carbocycles. The van der Waals surface area contributed by atoms with E-state index in [1.54, 1.807) is 14.2 Å². The van der Waals surface area contributed by atoms with Gasteiger partial charge in [0.1, 0.15) is 11.5 Å². The van der Waals surface area contributed by atoms with Crippen molar-refractivity contribution < 1.29 is 14.0 Å². The van der Waals surface area contributed by atoms with E-state index in [4.69, 9.17) is 31.2 Å². The highest BCUT2D eigenvalue weighted by Gasteiger charge is 2.34. The number of aryl methyl sites for hydroxylation is 1. The summed E-state index contributed by atoms with van der Waals surface area (Å²) in [6.07, 6.45) is 0. The first kappa shape index (κ1) is 23.6. The van der Waals surface area contributed by atoms with Crippen LogP contribution in [0.3, 0.4) is 0 Å². The molecule has 0 bridgehead atoms. The van der Waals surface area contributed by atoms with Gasteiger partial charge in [-0.05, 0) is 74.1 Å². The predicted molar refractivity (Wildman–Crippen MR) is 144 cm³/mol. The van der Waals surface area contributed by atoms with Crippen molar-refractivity contribution in [1.82, 2.24) is 15.5 Å². The lowest BCUT2D eigenvalue weighted by Crippen LogP contribution is -2.46. The summed E-state index contributed by atoms with van der Waals surface area (Å²) in [5.74, 6) is 2.51. The molecule has 4 aromatic rings. The maximum Gasteiger partial charge on any atom is 0.258 e. The molecule has 1 aliphatic heterocycles. The van der Waals surface area contributed by atoms with Crippen LogP contribution < -0.4 is 19.7 Å².